The largest absolute Gasteiger partial charge is 0.466 e. The number of hydrogen-bond donors (Lipinski definition) is 3. The van der Waals surface area contributed by atoms with Crippen molar-refractivity contribution in [3.05, 3.63) is 24.3 Å². The first kappa shape index (κ1) is 54.3. The van der Waals surface area contributed by atoms with Crippen LogP contribution in [0.25, 0.3) is 0 Å². The van der Waals surface area contributed by atoms with Gasteiger partial charge in [0.1, 0.15) is 0 Å². The van der Waals surface area contributed by atoms with Crippen molar-refractivity contribution < 1.29 is 24.5 Å². The van der Waals surface area contributed by atoms with Gasteiger partial charge in [-0.05, 0) is 77.0 Å². The van der Waals surface area contributed by atoms with Crippen LogP contribution >= 0.6 is 0 Å². The molecule has 2 atom stereocenters. The first-order valence-corrected chi connectivity index (χ1v) is 24.6. The molecule has 0 rings (SSSR count). The van der Waals surface area contributed by atoms with E-state index in [-0.39, 0.29) is 18.5 Å². The summed E-state index contributed by atoms with van der Waals surface area (Å²) in [5.41, 5.74) is 0. The van der Waals surface area contributed by atoms with Gasteiger partial charge in [0, 0.05) is 12.8 Å². The lowest BCUT2D eigenvalue weighted by Gasteiger charge is -2.22. The Morgan fingerprint density at radius 2 is 0.839 bits per heavy atom. The number of rotatable bonds is 45. The molecule has 0 aliphatic rings. The highest BCUT2D eigenvalue weighted by Crippen LogP contribution is 2.16. The van der Waals surface area contributed by atoms with Gasteiger partial charge in [-0.3, -0.25) is 9.59 Å². The summed E-state index contributed by atoms with van der Waals surface area (Å²) in [6, 6.07) is -0.567. The van der Waals surface area contributed by atoms with Gasteiger partial charge in [0.15, 0.2) is 0 Å². The second kappa shape index (κ2) is 46.0. The minimum atomic E-state index is -0.686. The van der Waals surface area contributed by atoms with Gasteiger partial charge >= 0.3 is 5.97 Å². The van der Waals surface area contributed by atoms with Crippen LogP contribution in [0.1, 0.15) is 258 Å². The van der Waals surface area contributed by atoms with Crippen LogP contribution in [-0.2, 0) is 14.3 Å². The highest BCUT2D eigenvalue weighted by molar-refractivity contribution is 5.76. The summed E-state index contributed by atoms with van der Waals surface area (Å²) in [4.78, 5) is 24.4. The Bertz CT molecular complexity index is 874. The van der Waals surface area contributed by atoms with Gasteiger partial charge in [0.2, 0.25) is 5.91 Å². The summed E-state index contributed by atoms with van der Waals surface area (Å²) in [6.45, 7) is 4.83. The van der Waals surface area contributed by atoms with Gasteiger partial charge in [0.25, 0.3) is 0 Å². The molecule has 0 heterocycles. The van der Waals surface area contributed by atoms with Gasteiger partial charge in [-0.1, -0.05) is 192 Å². The lowest BCUT2D eigenvalue weighted by atomic mass is 10.0. The number of unbranched alkanes of at least 4 members (excludes halogenated alkanes) is 30. The Hall–Kier alpha value is -1.66. The van der Waals surface area contributed by atoms with Gasteiger partial charge in [0.05, 0.1) is 25.4 Å². The minimum absolute atomic E-state index is 0.0465. The number of amides is 1. The normalized spacial score (nSPS) is 12.9. The van der Waals surface area contributed by atoms with Crippen LogP contribution in [0.4, 0.5) is 0 Å². The van der Waals surface area contributed by atoms with Crippen LogP contribution in [0, 0.1) is 0 Å². The van der Waals surface area contributed by atoms with Gasteiger partial charge in [-0.25, -0.2) is 0 Å². The van der Waals surface area contributed by atoms with Crippen LogP contribution in [-0.4, -0.2) is 47.4 Å². The molecule has 2 unspecified atom stereocenters. The van der Waals surface area contributed by atoms with Crippen molar-refractivity contribution in [2.75, 3.05) is 13.2 Å². The second-order valence-corrected chi connectivity index (χ2v) is 16.8. The average Bonchev–Trinajstić information content (AvgIpc) is 3.20. The number of ether oxygens (including phenoxy) is 1. The molecular formula is C50H95NO5. The monoisotopic (exact) mass is 790 g/mol. The Morgan fingerprint density at radius 3 is 1.30 bits per heavy atom. The third kappa shape index (κ3) is 42.0. The minimum Gasteiger partial charge on any atom is -0.466 e. The molecule has 0 aromatic heterocycles. The van der Waals surface area contributed by atoms with Crippen molar-refractivity contribution in [1.29, 1.82) is 0 Å². The maximum Gasteiger partial charge on any atom is 0.305 e. The van der Waals surface area contributed by atoms with Crippen LogP contribution in [0.3, 0.4) is 0 Å². The van der Waals surface area contributed by atoms with Crippen molar-refractivity contribution in [2.45, 2.75) is 270 Å². The van der Waals surface area contributed by atoms with E-state index in [2.05, 4.69) is 43.5 Å². The maximum atomic E-state index is 12.4. The van der Waals surface area contributed by atoms with Crippen molar-refractivity contribution >= 4 is 11.9 Å². The van der Waals surface area contributed by atoms with Crippen molar-refractivity contribution in [3.8, 4) is 0 Å². The molecule has 0 radical (unpaired) electrons. The Labute approximate surface area is 348 Å². The van der Waals surface area contributed by atoms with Crippen LogP contribution in [0.5, 0.6) is 0 Å². The molecule has 0 bridgehead atoms. The fourth-order valence-electron chi connectivity index (χ4n) is 7.39. The van der Waals surface area contributed by atoms with Crippen LogP contribution in [0.2, 0.25) is 0 Å². The Morgan fingerprint density at radius 1 is 0.482 bits per heavy atom. The summed E-state index contributed by atoms with van der Waals surface area (Å²) in [6.07, 6.45) is 52.8. The average molecular weight is 790 g/mol. The number of aliphatic hydroxyl groups is 2. The van der Waals surface area contributed by atoms with E-state index in [1.165, 1.54) is 148 Å². The number of carbonyl (C=O) groups is 2. The third-order valence-electron chi connectivity index (χ3n) is 11.2. The summed E-state index contributed by atoms with van der Waals surface area (Å²) < 4.78 is 5.41. The predicted octanol–water partition coefficient (Wildman–Crippen LogP) is 14.3. The molecule has 0 saturated heterocycles. The fourth-order valence-corrected chi connectivity index (χ4v) is 7.39. The van der Waals surface area contributed by atoms with Crippen molar-refractivity contribution in [2.24, 2.45) is 0 Å². The van der Waals surface area contributed by atoms with Gasteiger partial charge in [-0.15, -0.1) is 0 Å². The molecule has 0 aromatic carbocycles. The number of nitrogens with one attached hydrogen (secondary N) is 1. The summed E-state index contributed by atoms with van der Waals surface area (Å²) in [7, 11) is 0. The summed E-state index contributed by atoms with van der Waals surface area (Å²) in [5.74, 6) is -0.117. The molecule has 330 valence electrons. The van der Waals surface area contributed by atoms with E-state index in [0.717, 1.165) is 77.0 Å². The first-order chi connectivity index (χ1) is 27.5. The highest BCUT2D eigenvalue weighted by Gasteiger charge is 2.20. The summed E-state index contributed by atoms with van der Waals surface area (Å²) in [5, 5.41) is 23.2. The Balaban J connectivity index is 3.55. The molecular weight excluding hydrogens is 695 g/mol. The lowest BCUT2D eigenvalue weighted by molar-refractivity contribution is -0.143. The van der Waals surface area contributed by atoms with E-state index >= 15 is 0 Å². The number of esters is 1. The standard InChI is InChI=1S/C50H95NO5/c1-3-5-7-9-11-13-15-17-18-19-20-21-22-26-30-34-38-42-48(53)47(46-52)51-49(54)43-39-35-31-27-24-25-29-33-37-41-45-56-50(55)44-40-36-32-28-23-16-14-12-10-8-6-4-2/h12,14,25,29,47-48,52-53H,3-11,13,15-24,26-28,30-46H2,1-2H3,(H,51,54)/b14-12-,29-25-. The van der Waals surface area contributed by atoms with Gasteiger partial charge < -0.3 is 20.3 Å². The SMILES string of the molecule is CCCCC/C=C\CCCCCCCC(=O)OCCCC/C=C\CCCCCCC(=O)NC(CO)C(O)CCCCCCCCCCCCCCCCCCC. The zero-order valence-electron chi connectivity index (χ0n) is 37.4. The predicted molar refractivity (Wildman–Crippen MR) is 241 cm³/mol. The number of hydrogen-bond acceptors (Lipinski definition) is 5. The van der Waals surface area contributed by atoms with Crippen LogP contribution < -0.4 is 5.32 Å². The second-order valence-electron chi connectivity index (χ2n) is 16.8. The van der Waals surface area contributed by atoms with E-state index in [1.807, 2.05) is 0 Å². The molecule has 0 fully saturated rings. The van der Waals surface area contributed by atoms with Crippen molar-refractivity contribution in [1.82, 2.24) is 5.32 Å². The van der Waals surface area contributed by atoms with E-state index in [0.29, 0.717) is 25.9 Å². The van der Waals surface area contributed by atoms with Crippen molar-refractivity contribution in [3.63, 3.8) is 0 Å². The molecule has 0 spiro atoms. The highest BCUT2D eigenvalue weighted by atomic mass is 16.5. The zero-order chi connectivity index (χ0) is 40.8. The molecule has 0 saturated carbocycles. The zero-order valence-corrected chi connectivity index (χ0v) is 37.4. The first-order valence-electron chi connectivity index (χ1n) is 24.6. The number of allylic oxidation sites excluding steroid dienone is 4. The lowest BCUT2D eigenvalue weighted by Crippen LogP contribution is -2.45. The molecule has 3 N–H and O–H groups in total. The fraction of sp³-hybridized carbons (Fsp3) is 0.880. The van der Waals surface area contributed by atoms with E-state index in [4.69, 9.17) is 4.74 Å². The molecule has 1 amide bonds. The quantitative estimate of drug-likeness (QED) is 0.0324. The smallest absolute Gasteiger partial charge is 0.305 e. The molecule has 6 nitrogen and oxygen atoms in total. The number of aliphatic hydroxyl groups excluding tert-OH is 2. The molecule has 0 aliphatic heterocycles. The van der Waals surface area contributed by atoms with E-state index in [9.17, 15) is 19.8 Å². The molecule has 0 aliphatic carbocycles. The third-order valence-corrected chi connectivity index (χ3v) is 11.2. The maximum absolute atomic E-state index is 12.4. The summed E-state index contributed by atoms with van der Waals surface area (Å²) >= 11 is 0. The van der Waals surface area contributed by atoms with Gasteiger partial charge in [-0.2, -0.15) is 0 Å². The number of carbonyl (C=O) groups excluding carboxylic acids is 2. The Kier molecular flexibility index (Phi) is 44.7. The molecule has 6 heteroatoms. The molecule has 0 aromatic rings. The van der Waals surface area contributed by atoms with E-state index < -0.39 is 12.1 Å². The molecule has 56 heavy (non-hydrogen) atoms. The van der Waals surface area contributed by atoms with E-state index in [1.54, 1.807) is 0 Å². The van der Waals surface area contributed by atoms with Crippen LogP contribution in [0.15, 0.2) is 24.3 Å². The topological polar surface area (TPSA) is 95.9 Å².